The van der Waals surface area contributed by atoms with E-state index in [2.05, 4.69) is 46.4 Å². The van der Waals surface area contributed by atoms with Crippen molar-refractivity contribution in [1.29, 1.82) is 0 Å². The molecule has 0 fully saturated rings. The van der Waals surface area contributed by atoms with Crippen LogP contribution in [0.4, 0.5) is 0 Å². The van der Waals surface area contributed by atoms with Gasteiger partial charge in [-0.1, -0.05) is 86.0 Å². The topological polar surface area (TPSA) is 0 Å². The zero-order chi connectivity index (χ0) is 14.6. The zero-order valence-electron chi connectivity index (χ0n) is 14.3. The van der Waals surface area contributed by atoms with Gasteiger partial charge >= 0.3 is 0 Å². The first-order chi connectivity index (χ1) is 9.04. The first kappa shape index (κ1) is 19.4. The minimum absolute atomic E-state index is 0.594. The van der Waals surface area contributed by atoms with Gasteiger partial charge in [0.1, 0.15) is 0 Å². The Bertz CT molecular complexity index is 174. The molecule has 0 nitrogen and oxygen atoms in total. The predicted molar refractivity (Wildman–Crippen MR) is 93.2 cm³/mol. The molecule has 19 heavy (non-hydrogen) atoms. The Hall–Kier alpha value is 0.350. The molecule has 0 radical (unpaired) electrons. The van der Waals surface area contributed by atoms with Gasteiger partial charge in [0, 0.05) is 0 Å². The van der Waals surface area contributed by atoms with Gasteiger partial charge < -0.3 is 0 Å². The number of unbranched alkanes of at least 4 members (excludes halogenated alkanes) is 6. The van der Waals surface area contributed by atoms with Crippen LogP contribution < -0.4 is 0 Å². The second-order valence-electron chi connectivity index (χ2n) is 6.79. The Balaban J connectivity index is 4.03. The summed E-state index contributed by atoms with van der Waals surface area (Å²) in [7, 11) is 0. The first-order valence-electron chi connectivity index (χ1n) is 8.65. The summed E-state index contributed by atoms with van der Waals surface area (Å²) in [5, 5.41) is 0.783. The van der Waals surface area contributed by atoms with Crippen LogP contribution in [0.2, 0.25) is 0 Å². The maximum absolute atomic E-state index is 2.54. The molecule has 1 heteroatoms. The lowest BCUT2D eigenvalue weighted by molar-refractivity contribution is 0.290. The van der Waals surface area contributed by atoms with Crippen LogP contribution in [0, 0.1) is 5.41 Å². The SMILES string of the molecule is CCCCCCC(C)(CCCCCC)CSC(C)C. The van der Waals surface area contributed by atoms with E-state index in [1.807, 2.05) is 0 Å². The Morgan fingerprint density at radius 1 is 0.789 bits per heavy atom. The summed E-state index contributed by atoms with van der Waals surface area (Å²) < 4.78 is 0. The molecule has 0 unspecified atom stereocenters. The quantitative estimate of drug-likeness (QED) is 0.326. The second-order valence-corrected chi connectivity index (χ2v) is 8.36. The fourth-order valence-corrected chi connectivity index (χ4v) is 3.62. The summed E-state index contributed by atoms with van der Waals surface area (Å²) in [6, 6.07) is 0. The van der Waals surface area contributed by atoms with E-state index in [1.165, 1.54) is 70.0 Å². The fraction of sp³-hybridized carbons (Fsp3) is 1.00. The van der Waals surface area contributed by atoms with Crippen LogP contribution in [0.3, 0.4) is 0 Å². The van der Waals surface area contributed by atoms with Crippen LogP contribution in [0.5, 0.6) is 0 Å². The van der Waals surface area contributed by atoms with Gasteiger partial charge in [-0.15, -0.1) is 0 Å². The largest absolute Gasteiger partial charge is 0.159 e. The second kappa shape index (κ2) is 12.1. The van der Waals surface area contributed by atoms with Crippen molar-refractivity contribution in [1.82, 2.24) is 0 Å². The molecule has 0 aromatic heterocycles. The molecule has 0 atom stereocenters. The highest BCUT2D eigenvalue weighted by Crippen LogP contribution is 2.35. The normalized spacial score (nSPS) is 12.3. The minimum atomic E-state index is 0.594. The van der Waals surface area contributed by atoms with Crippen LogP contribution in [-0.2, 0) is 0 Å². The number of rotatable bonds is 13. The molecular weight excluding hydrogens is 248 g/mol. The van der Waals surface area contributed by atoms with E-state index in [4.69, 9.17) is 0 Å². The first-order valence-corrected chi connectivity index (χ1v) is 9.70. The summed E-state index contributed by atoms with van der Waals surface area (Å²) in [5.74, 6) is 1.36. The van der Waals surface area contributed by atoms with Gasteiger partial charge in [-0.05, 0) is 29.3 Å². The van der Waals surface area contributed by atoms with E-state index in [0.717, 1.165) is 5.25 Å². The van der Waals surface area contributed by atoms with E-state index >= 15 is 0 Å². The van der Waals surface area contributed by atoms with Crippen molar-refractivity contribution in [2.45, 2.75) is 104 Å². The van der Waals surface area contributed by atoms with Gasteiger partial charge in [0.05, 0.1) is 0 Å². The smallest absolute Gasteiger partial charge is 0.000948 e. The monoisotopic (exact) mass is 286 g/mol. The summed E-state index contributed by atoms with van der Waals surface area (Å²) in [5.41, 5.74) is 0.594. The summed E-state index contributed by atoms with van der Waals surface area (Å²) >= 11 is 2.17. The van der Waals surface area contributed by atoms with E-state index in [-0.39, 0.29) is 0 Å². The third kappa shape index (κ3) is 11.8. The fourth-order valence-electron chi connectivity index (χ4n) is 2.59. The van der Waals surface area contributed by atoms with Crippen LogP contribution in [0.25, 0.3) is 0 Å². The van der Waals surface area contributed by atoms with E-state index in [0.29, 0.717) is 5.41 Å². The highest BCUT2D eigenvalue weighted by molar-refractivity contribution is 7.99. The molecule has 0 saturated carbocycles. The Morgan fingerprint density at radius 2 is 1.26 bits per heavy atom. The lowest BCUT2D eigenvalue weighted by Crippen LogP contribution is -2.21. The average Bonchev–Trinajstić information content (AvgIpc) is 2.38. The van der Waals surface area contributed by atoms with Gasteiger partial charge in [0.15, 0.2) is 0 Å². The molecule has 0 N–H and O–H groups in total. The Labute approximate surface area is 127 Å². The van der Waals surface area contributed by atoms with Crippen molar-refractivity contribution in [2.75, 3.05) is 5.75 Å². The molecule has 0 spiro atoms. The molecule has 0 heterocycles. The lowest BCUT2D eigenvalue weighted by atomic mass is 9.81. The van der Waals surface area contributed by atoms with Crippen molar-refractivity contribution in [2.24, 2.45) is 5.41 Å². The minimum Gasteiger partial charge on any atom is -0.159 e. The molecule has 0 aliphatic heterocycles. The van der Waals surface area contributed by atoms with Crippen molar-refractivity contribution in [3.63, 3.8) is 0 Å². The maximum Gasteiger partial charge on any atom is -0.000948 e. The summed E-state index contributed by atoms with van der Waals surface area (Å²) in [4.78, 5) is 0. The molecule has 0 aromatic rings. The van der Waals surface area contributed by atoms with Gasteiger partial charge in [-0.3, -0.25) is 0 Å². The molecule has 0 rings (SSSR count). The van der Waals surface area contributed by atoms with Crippen LogP contribution in [0.1, 0.15) is 98.8 Å². The molecule has 0 aromatic carbocycles. The van der Waals surface area contributed by atoms with Gasteiger partial charge in [0.2, 0.25) is 0 Å². The number of hydrogen-bond donors (Lipinski definition) is 0. The van der Waals surface area contributed by atoms with Crippen LogP contribution >= 0.6 is 11.8 Å². The summed E-state index contributed by atoms with van der Waals surface area (Å²) in [6.07, 6.45) is 14.2. The van der Waals surface area contributed by atoms with Gasteiger partial charge in [0.25, 0.3) is 0 Å². The van der Waals surface area contributed by atoms with Gasteiger partial charge in [-0.2, -0.15) is 11.8 Å². The van der Waals surface area contributed by atoms with E-state index in [1.54, 1.807) is 0 Å². The van der Waals surface area contributed by atoms with Gasteiger partial charge in [-0.25, -0.2) is 0 Å². The molecule has 0 bridgehead atoms. The van der Waals surface area contributed by atoms with Crippen molar-refractivity contribution in [3.05, 3.63) is 0 Å². The molecule has 0 amide bonds. The third-order valence-electron chi connectivity index (χ3n) is 4.03. The van der Waals surface area contributed by atoms with Crippen LogP contribution in [-0.4, -0.2) is 11.0 Å². The number of thioether (sulfide) groups is 1. The third-order valence-corrected chi connectivity index (χ3v) is 5.56. The Kier molecular flexibility index (Phi) is 12.3. The molecule has 0 aliphatic carbocycles. The molecule has 0 saturated heterocycles. The summed E-state index contributed by atoms with van der Waals surface area (Å²) in [6.45, 7) is 11.8. The molecule has 0 aliphatic rings. The Morgan fingerprint density at radius 3 is 1.63 bits per heavy atom. The molecular formula is C18H38S. The van der Waals surface area contributed by atoms with E-state index in [9.17, 15) is 0 Å². The molecule has 116 valence electrons. The van der Waals surface area contributed by atoms with Crippen molar-refractivity contribution < 1.29 is 0 Å². The van der Waals surface area contributed by atoms with E-state index < -0.39 is 0 Å². The highest BCUT2D eigenvalue weighted by Gasteiger charge is 2.23. The zero-order valence-corrected chi connectivity index (χ0v) is 15.1. The van der Waals surface area contributed by atoms with Crippen LogP contribution in [0.15, 0.2) is 0 Å². The maximum atomic E-state index is 2.54. The highest BCUT2D eigenvalue weighted by atomic mass is 32.2. The number of hydrogen-bond acceptors (Lipinski definition) is 1. The standard InChI is InChI=1S/C18H38S/c1-6-8-10-12-14-18(5,16-19-17(3)4)15-13-11-9-7-2/h17H,6-16H2,1-5H3. The lowest BCUT2D eigenvalue weighted by Gasteiger charge is -2.30. The van der Waals surface area contributed by atoms with Crippen molar-refractivity contribution in [3.8, 4) is 0 Å². The average molecular weight is 287 g/mol. The predicted octanol–water partition coefficient (Wildman–Crippen LogP) is 7.08. The van der Waals surface area contributed by atoms with Crippen molar-refractivity contribution >= 4 is 11.8 Å².